The number of amides is 2. The smallest absolute Gasteiger partial charge is 0.266 e. The van der Waals surface area contributed by atoms with Gasteiger partial charge in [0.1, 0.15) is 17.2 Å². The van der Waals surface area contributed by atoms with Crippen LogP contribution in [0.1, 0.15) is 20.7 Å². The minimum atomic E-state index is -0.506. The molecule has 3 aromatic rings. The summed E-state index contributed by atoms with van der Waals surface area (Å²) in [6.07, 6.45) is 0. The van der Waals surface area contributed by atoms with Gasteiger partial charge in [-0.15, -0.1) is 0 Å². The average Bonchev–Trinajstić information content (AvgIpc) is 2.88. The maximum Gasteiger partial charge on any atom is 0.266 e. The topological polar surface area (TPSA) is 66.8 Å². The fourth-order valence-electron chi connectivity index (χ4n) is 2.79. The predicted octanol–water partition coefficient (Wildman–Crippen LogP) is 4.64. The molecule has 0 atom stereocenters. The van der Waals surface area contributed by atoms with Crippen LogP contribution < -0.4 is 9.64 Å². The molecule has 0 radical (unpaired) electrons. The summed E-state index contributed by atoms with van der Waals surface area (Å²) in [7, 11) is 0. The molecule has 0 aromatic heterocycles. The number of ether oxygens (including phenoxy) is 1. The number of para-hydroxylation sites is 2. The zero-order chi connectivity index (χ0) is 18.3. The molecule has 1 N–H and O–H groups in total. The Bertz CT molecular complexity index is 1030. The van der Waals surface area contributed by atoms with Gasteiger partial charge in [0.15, 0.2) is 0 Å². The zero-order valence-corrected chi connectivity index (χ0v) is 14.1. The largest absolute Gasteiger partial charge is 0.506 e. The number of phenols is 1. The standard InChI is InChI=1S/C20H12ClNO4/c21-12-5-7-13(8-6-12)26-14-9-10-15-16(11-14)20(25)22(19(15)24)17-3-1-2-4-18(17)23/h1-11,23H. The van der Waals surface area contributed by atoms with Gasteiger partial charge >= 0.3 is 0 Å². The van der Waals surface area contributed by atoms with Crippen LogP contribution in [-0.2, 0) is 0 Å². The van der Waals surface area contributed by atoms with Gasteiger partial charge in [-0.3, -0.25) is 9.59 Å². The maximum atomic E-state index is 12.7. The Labute approximate surface area is 154 Å². The van der Waals surface area contributed by atoms with Crippen molar-refractivity contribution in [2.45, 2.75) is 0 Å². The van der Waals surface area contributed by atoms with Gasteiger partial charge in [-0.25, -0.2) is 4.90 Å². The van der Waals surface area contributed by atoms with E-state index in [1.54, 1.807) is 48.5 Å². The number of nitrogens with zero attached hydrogens (tertiary/aromatic N) is 1. The van der Waals surface area contributed by atoms with Crippen molar-refractivity contribution in [3.63, 3.8) is 0 Å². The summed E-state index contributed by atoms with van der Waals surface area (Å²) in [5.74, 6) is -0.146. The molecule has 1 aliphatic heterocycles. The van der Waals surface area contributed by atoms with Crippen LogP contribution in [-0.4, -0.2) is 16.9 Å². The molecular formula is C20H12ClNO4. The van der Waals surface area contributed by atoms with Crippen LogP contribution in [0.3, 0.4) is 0 Å². The van der Waals surface area contributed by atoms with Crippen LogP contribution in [0.15, 0.2) is 66.7 Å². The van der Waals surface area contributed by atoms with Crippen LogP contribution in [0.5, 0.6) is 17.2 Å². The monoisotopic (exact) mass is 365 g/mol. The van der Waals surface area contributed by atoms with Crippen molar-refractivity contribution in [3.05, 3.63) is 82.9 Å². The van der Waals surface area contributed by atoms with E-state index >= 15 is 0 Å². The lowest BCUT2D eigenvalue weighted by atomic mass is 10.1. The molecule has 0 saturated heterocycles. The summed E-state index contributed by atoms with van der Waals surface area (Å²) in [5.41, 5.74) is 0.644. The van der Waals surface area contributed by atoms with Gasteiger partial charge in [0, 0.05) is 5.02 Å². The number of halogens is 1. The summed E-state index contributed by atoms with van der Waals surface area (Å²) < 4.78 is 5.72. The third kappa shape index (κ3) is 2.68. The van der Waals surface area contributed by atoms with Gasteiger partial charge in [-0.2, -0.15) is 0 Å². The Morgan fingerprint density at radius 2 is 1.46 bits per heavy atom. The van der Waals surface area contributed by atoms with Crippen LogP contribution >= 0.6 is 11.6 Å². The Hall–Kier alpha value is -3.31. The molecular weight excluding hydrogens is 354 g/mol. The number of benzene rings is 3. The number of hydrogen-bond donors (Lipinski definition) is 1. The lowest BCUT2D eigenvalue weighted by Gasteiger charge is -2.14. The number of aromatic hydroxyl groups is 1. The highest BCUT2D eigenvalue weighted by Crippen LogP contribution is 2.36. The highest BCUT2D eigenvalue weighted by atomic mass is 35.5. The Kier molecular flexibility index (Phi) is 3.86. The second-order valence-corrected chi connectivity index (χ2v) is 6.13. The quantitative estimate of drug-likeness (QED) is 0.687. The molecule has 1 aliphatic rings. The first kappa shape index (κ1) is 16.2. The molecule has 3 aromatic carbocycles. The molecule has 0 fully saturated rings. The minimum Gasteiger partial charge on any atom is -0.506 e. The number of carbonyl (C=O) groups excluding carboxylic acids is 2. The van der Waals surface area contributed by atoms with Crippen molar-refractivity contribution < 1.29 is 19.4 Å². The first-order valence-electron chi connectivity index (χ1n) is 7.79. The summed E-state index contributed by atoms with van der Waals surface area (Å²) in [6.45, 7) is 0. The van der Waals surface area contributed by atoms with Crippen LogP contribution in [0.2, 0.25) is 5.02 Å². The summed E-state index contributed by atoms with van der Waals surface area (Å²) in [5, 5.41) is 10.6. The predicted molar refractivity (Wildman–Crippen MR) is 97.2 cm³/mol. The fraction of sp³-hybridized carbons (Fsp3) is 0. The van der Waals surface area contributed by atoms with Gasteiger partial charge in [-0.05, 0) is 54.6 Å². The number of fused-ring (bicyclic) bond motifs is 1. The number of hydrogen-bond acceptors (Lipinski definition) is 4. The summed E-state index contributed by atoms with van der Waals surface area (Å²) >= 11 is 5.85. The lowest BCUT2D eigenvalue weighted by molar-refractivity contribution is 0.0925. The van der Waals surface area contributed by atoms with Gasteiger partial charge < -0.3 is 9.84 Å². The molecule has 6 heteroatoms. The van der Waals surface area contributed by atoms with Gasteiger partial charge in [0.2, 0.25) is 0 Å². The second kappa shape index (κ2) is 6.20. The number of imide groups is 1. The number of phenolic OH excluding ortho intramolecular Hbond substituents is 1. The highest BCUT2D eigenvalue weighted by molar-refractivity contribution is 6.35. The minimum absolute atomic E-state index is 0.139. The molecule has 128 valence electrons. The zero-order valence-electron chi connectivity index (χ0n) is 13.3. The highest BCUT2D eigenvalue weighted by Gasteiger charge is 2.38. The van der Waals surface area contributed by atoms with Gasteiger partial charge in [0.05, 0.1) is 16.8 Å². The average molecular weight is 366 g/mol. The van der Waals surface area contributed by atoms with E-state index in [2.05, 4.69) is 0 Å². The van der Waals surface area contributed by atoms with Gasteiger partial charge in [0.25, 0.3) is 11.8 Å². The van der Waals surface area contributed by atoms with E-state index in [9.17, 15) is 14.7 Å². The van der Waals surface area contributed by atoms with Crippen molar-refractivity contribution in [3.8, 4) is 17.2 Å². The number of rotatable bonds is 3. The third-order valence-electron chi connectivity index (χ3n) is 4.03. The van der Waals surface area contributed by atoms with E-state index < -0.39 is 11.8 Å². The van der Waals surface area contributed by atoms with E-state index in [0.29, 0.717) is 16.5 Å². The molecule has 4 rings (SSSR count). The molecule has 1 heterocycles. The van der Waals surface area contributed by atoms with Crippen LogP contribution in [0.25, 0.3) is 0 Å². The van der Waals surface area contributed by atoms with Crippen molar-refractivity contribution in [2.75, 3.05) is 4.90 Å². The van der Waals surface area contributed by atoms with Crippen LogP contribution in [0, 0.1) is 0 Å². The summed E-state index contributed by atoms with van der Waals surface area (Å²) in [4.78, 5) is 26.3. The SMILES string of the molecule is O=C1c2ccc(Oc3ccc(Cl)cc3)cc2C(=O)N1c1ccccc1O. The first-order chi connectivity index (χ1) is 12.5. The van der Waals surface area contributed by atoms with E-state index in [-0.39, 0.29) is 22.6 Å². The molecule has 2 amide bonds. The molecule has 26 heavy (non-hydrogen) atoms. The van der Waals surface area contributed by atoms with Crippen LogP contribution in [0.4, 0.5) is 5.69 Å². The van der Waals surface area contributed by atoms with Crippen molar-refractivity contribution in [2.24, 2.45) is 0 Å². The summed E-state index contributed by atoms with van der Waals surface area (Å²) in [6, 6.07) is 17.7. The first-order valence-corrected chi connectivity index (χ1v) is 8.16. The molecule has 0 spiro atoms. The number of anilines is 1. The Balaban J connectivity index is 1.68. The van der Waals surface area contributed by atoms with Crippen molar-refractivity contribution in [1.29, 1.82) is 0 Å². The fourth-order valence-corrected chi connectivity index (χ4v) is 2.92. The molecule has 5 nitrogen and oxygen atoms in total. The Morgan fingerprint density at radius 3 is 2.19 bits per heavy atom. The number of carbonyl (C=O) groups is 2. The molecule has 0 aliphatic carbocycles. The lowest BCUT2D eigenvalue weighted by Crippen LogP contribution is -2.29. The molecule has 0 bridgehead atoms. The maximum absolute atomic E-state index is 12.7. The van der Waals surface area contributed by atoms with Crippen molar-refractivity contribution >= 4 is 29.1 Å². The van der Waals surface area contributed by atoms with Gasteiger partial charge in [-0.1, -0.05) is 23.7 Å². The van der Waals surface area contributed by atoms with Crippen molar-refractivity contribution in [1.82, 2.24) is 0 Å². The Morgan fingerprint density at radius 1 is 0.808 bits per heavy atom. The molecule has 0 saturated carbocycles. The van der Waals surface area contributed by atoms with E-state index in [1.807, 2.05) is 0 Å². The van der Waals surface area contributed by atoms with E-state index in [1.165, 1.54) is 18.2 Å². The molecule has 0 unspecified atom stereocenters. The second-order valence-electron chi connectivity index (χ2n) is 5.70. The third-order valence-corrected chi connectivity index (χ3v) is 4.28. The van der Waals surface area contributed by atoms with E-state index in [0.717, 1.165) is 4.90 Å². The van der Waals surface area contributed by atoms with E-state index in [4.69, 9.17) is 16.3 Å². The normalized spacial score (nSPS) is 13.0.